The minimum absolute atomic E-state index is 0.00222. The average Bonchev–Trinajstić information content (AvgIpc) is 2.71. The SMILES string of the molecule is Cc1ncc(C(=O)O)n1Cc1ccc(C(F)(F)F)cc1. The van der Waals surface area contributed by atoms with Gasteiger partial charge in [0.25, 0.3) is 0 Å². The first-order valence-corrected chi connectivity index (χ1v) is 5.70. The predicted molar refractivity (Wildman–Crippen MR) is 64.5 cm³/mol. The largest absolute Gasteiger partial charge is 0.477 e. The molecule has 2 aromatic rings. The summed E-state index contributed by atoms with van der Waals surface area (Å²) < 4.78 is 38.7. The van der Waals surface area contributed by atoms with E-state index in [0.717, 1.165) is 12.1 Å². The van der Waals surface area contributed by atoms with Crippen molar-refractivity contribution in [3.63, 3.8) is 0 Å². The molecule has 106 valence electrons. The van der Waals surface area contributed by atoms with Crippen LogP contribution in [0.4, 0.5) is 13.2 Å². The van der Waals surface area contributed by atoms with Crippen molar-refractivity contribution in [2.75, 3.05) is 0 Å². The van der Waals surface area contributed by atoms with Crippen LogP contribution in [0.3, 0.4) is 0 Å². The van der Waals surface area contributed by atoms with E-state index in [1.807, 2.05) is 0 Å². The molecule has 0 aliphatic rings. The first-order valence-electron chi connectivity index (χ1n) is 5.70. The molecule has 20 heavy (non-hydrogen) atoms. The predicted octanol–water partition coefficient (Wildman–Crippen LogP) is 2.96. The summed E-state index contributed by atoms with van der Waals surface area (Å²) in [5.74, 6) is -0.639. The fourth-order valence-electron chi connectivity index (χ4n) is 1.82. The third kappa shape index (κ3) is 2.81. The van der Waals surface area contributed by atoms with Gasteiger partial charge in [-0.1, -0.05) is 12.1 Å². The van der Waals surface area contributed by atoms with E-state index in [2.05, 4.69) is 4.98 Å². The second-order valence-corrected chi connectivity index (χ2v) is 4.28. The van der Waals surface area contributed by atoms with Crippen molar-refractivity contribution in [2.24, 2.45) is 0 Å². The van der Waals surface area contributed by atoms with Gasteiger partial charge in [-0.25, -0.2) is 9.78 Å². The smallest absolute Gasteiger partial charge is 0.416 e. The maximum Gasteiger partial charge on any atom is 0.416 e. The minimum atomic E-state index is -4.38. The molecule has 0 aliphatic carbocycles. The Hall–Kier alpha value is -2.31. The summed E-state index contributed by atoms with van der Waals surface area (Å²) in [7, 11) is 0. The van der Waals surface area contributed by atoms with E-state index in [1.165, 1.54) is 22.9 Å². The molecule has 0 fully saturated rings. The van der Waals surface area contributed by atoms with Crippen LogP contribution >= 0.6 is 0 Å². The van der Waals surface area contributed by atoms with Gasteiger partial charge in [-0.05, 0) is 24.6 Å². The van der Waals surface area contributed by atoms with Crippen LogP contribution in [0.5, 0.6) is 0 Å². The number of halogens is 3. The number of carboxylic acid groups (broad SMARTS) is 1. The highest BCUT2D eigenvalue weighted by Gasteiger charge is 2.29. The molecule has 4 nitrogen and oxygen atoms in total. The molecule has 0 bridgehead atoms. The molecule has 1 aromatic heterocycles. The molecule has 1 aromatic carbocycles. The maximum atomic E-state index is 12.4. The molecule has 0 saturated heterocycles. The van der Waals surface area contributed by atoms with Crippen LogP contribution in [0.2, 0.25) is 0 Å². The van der Waals surface area contributed by atoms with Gasteiger partial charge in [-0.3, -0.25) is 0 Å². The number of hydrogen-bond acceptors (Lipinski definition) is 2. The summed E-state index contributed by atoms with van der Waals surface area (Å²) in [5, 5.41) is 9.00. The van der Waals surface area contributed by atoms with Crippen molar-refractivity contribution < 1.29 is 23.1 Å². The van der Waals surface area contributed by atoms with E-state index in [-0.39, 0.29) is 12.2 Å². The zero-order valence-corrected chi connectivity index (χ0v) is 10.5. The topological polar surface area (TPSA) is 55.1 Å². The number of imidazole rings is 1. The number of alkyl halides is 3. The van der Waals surface area contributed by atoms with Gasteiger partial charge in [-0.15, -0.1) is 0 Å². The van der Waals surface area contributed by atoms with Gasteiger partial charge < -0.3 is 9.67 Å². The molecule has 1 heterocycles. The number of carboxylic acids is 1. The van der Waals surface area contributed by atoms with E-state index >= 15 is 0 Å². The van der Waals surface area contributed by atoms with Crippen LogP contribution in [0.1, 0.15) is 27.4 Å². The Balaban J connectivity index is 2.27. The lowest BCUT2D eigenvalue weighted by Crippen LogP contribution is -2.11. The Morgan fingerprint density at radius 2 is 1.90 bits per heavy atom. The fraction of sp³-hybridized carbons (Fsp3) is 0.231. The summed E-state index contributed by atoms with van der Waals surface area (Å²) >= 11 is 0. The number of benzene rings is 1. The number of rotatable bonds is 3. The first kappa shape index (κ1) is 14.1. The average molecular weight is 284 g/mol. The quantitative estimate of drug-likeness (QED) is 0.942. The molecule has 0 amide bonds. The Kier molecular flexibility index (Phi) is 3.52. The number of aryl methyl sites for hydroxylation is 1. The third-order valence-electron chi connectivity index (χ3n) is 2.90. The molecular weight excluding hydrogens is 273 g/mol. The fourth-order valence-corrected chi connectivity index (χ4v) is 1.82. The highest BCUT2D eigenvalue weighted by atomic mass is 19.4. The van der Waals surface area contributed by atoms with E-state index < -0.39 is 17.7 Å². The van der Waals surface area contributed by atoms with Crippen molar-refractivity contribution in [1.82, 2.24) is 9.55 Å². The van der Waals surface area contributed by atoms with Gasteiger partial charge in [0.05, 0.1) is 11.8 Å². The van der Waals surface area contributed by atoms with Gasteiger partial charge in [0.2, 0.25) is 0 Å². The van der Waals surface area contributed by atoms with Crippen LogP contribution in [0.15, 0.2) is 30.5 Å². The zero-order chi connectivity index (χ0) is 14.9. The van der Waals surface area contributed by atoms with Gasteiger partial charge in [0.15, 0.2) is 0 Å². The van der Waals surface area contributed by atoms with Crippen LogP contribution in [-0.4, -0.2) is 20.6 Å². The van der Waals surface area contributed by atoms with Crippen molar-refractivity contribution >= 4 is 5.97 Å². The Morgan fingerprint density at radius 1 is 1.30 bits per heavy atom. The molecule has 2 rings (SSSR count). The van der Waals surface area contributed by atoms with Gasteiger partial charge >= 0.3 is 12.1 Å². The second kappa shape index (κ2) is 4.99. The summed E-state index contributed by atoms with van der Waals surface area (Å²) in [4.78, 5) is 14.9. The van der Waals surface area contributed by atoms with Gasteiger partial charge in [0.1, 0.15) is 11.5 Å². The third-order valence-corrected chi connectivity index (χ3v) is 2.90. The lowest BCUT2D eigenvalue weighted by atomic mass is 10.1. The molecule has 1 N–H and O–H groups in total. The molecule has 0 radical (unpaired) electrons. The highest BCUT2D eigenvalue weighted by molar-refractivity contribution is 5.85. The van der Waals surface area contributed by atoms with Gasteiger partial charge in [-0.2, -0.15) is 13.2 Å². The number of aromatic carboxylic acids is 1. The van der Waals surface area contributed by atoms with Gasteiger partial charge in [0, 0.05) is 6.54 Å². The minimum Gasteiger partial charge on any atom is -0.477 e. The summed E-state index contributed by atoms with van der Waals surface area (Å²) in [5.41, 5.74) is -0.161. The molecule has 0 saturated carbocycles. The van der Waals surface area contributed by atoms with E-state index in [0.29, 0.717) is 11.4 Å². The molecule has 7 heteroatoms. The second-order valence-electron chi connectivity index (χ2n) is 4.28. The number of carbonyl (C=O) groups is 1. The summed E-state index contributed by atoms with van der Waals surface area (Å²) in [6, 6.07) is 4.60. The van der Waals surface area contributed by atoms with Crippen LogP contribution in [0, 0.1) is 6.92 Å². The van der Waals surface area contributed by atoms with Crippen LogP contribution in [-0.2, 0) is 12.7 Å². The normalized spacial score (nSPS) is 11.6. The van der Waals surface area contributed by atoms with Crippen molar-refractivity contribution in [3.05, 3.63) is 53.1 Å². The van der Waals surface area contributed by atoms with Crippen LogP contribution in [0.25, 0.3) is 0 Å². The van der Waals surface area contributed by atoms with E-state index in [4.69, 9.17) is 5.11 Å². The lowest BCUT2D eigenvalue weighted by molar-refractivity contribution is -0.137. The van der Waals surface area contributed by atoms with Crippen molar-refractivity contribution in [3.8, 4) is 0 Å². The van der Waals surface area contributed by atoms with E-state index in [9.17, 15) is 18.0 Å². The Bertz CT molecular complexity index is 630. The highest BCUT2D eigenvalue weighted by Crippen LogP contribution is 2.29. The summed E-state index contributed by atoms with van der Waals surface area (Å²) in [6.45, 7) is 1.79. The zero-order valence-electron chi connectivity index (χ0n) is 10.5. The van der Waals surface area contributed by atoms with E-state index in [1.54, 1.807) is 6.92 Å². The lowest BCUT2D eigenvalue weighted by Gasteiger charge is -2.10. The number of nitrogens with zero attached hydrogens (tertiary/aromatic N) is 2. The number of hydrogen-bond donors (Lipinski definition) is 1. The molecular formula is C13H11F3N2O2. The molecule has 0 unspecified atom stereocenters. The first-order chi connectivity index (χ1) is 9.29. The van der Waals surface area contributed by atoms with Crippen molar-refractivity contribution in [1.29, 1.82) is 0 Å². The maximum absolute atomic E-state index is 12.4. The Morgan fingerprint density at radius 3 is 2.40 bits per heavy atom. The van der Waals surface area contributed by atoms with Crippen molar-refractivity contribution in [2.45, 2.75) is 19.6 Å². The monoisotopic (exact) mass is 284 g/mol. The molecule has 0 atom stereocenters. The standard InChI is InChI=1S/C13H11F3N2O2/c1-8-17-6-11(12(19)20)18(8)7-9-2-4-10(5-3-9)13(14,15)16/h2-6H,7H2,1H3,(H,19,20). The Labute approximate surface area is 112 Å². The van der Waals surface area contributed by atoms with Crippen LogP contribution < -0.4 is 0 Å². The summed E-state index contributed by atoms with van der Waals surface area (Å²) in [6.07, 6.45) is -3.16. The molecule has 0 spiro atoms. The number of aromatic nitrogens is 2. The molecule has 0 aliphatic heterocycles.